The predicted molar refractivity (Wildman–Crippen MR) is 79.3 cm³/mol. The number of nitrogens with two attached hydrogens (primary N) is 1. The van der Waals surface area contributed by atoms with E-state index in [1.807, 2.05) is 12.1 Å². The summed E-state index contributed by atoms with van der Waals surface area (Å²) in [6, 6.07) is 12.7. The summed E-state index contributed by atoms with van der Waals surface area (Å²) in [5, 5.41) is 31.5. The number of nitrogens with zero attached hydrogens (tertiary/aromatic N) is 3. The lowest BCUT2D eigenvalue weighted by Gasteiger charge is -2.32. The van der Waals surface area contributed by atoms with Crippen molar-refractivity contribution in [2.45, 2.75) is 25.3 Å². The molecule has 1 aliphatic rings. The minimum absolute atomic E-state index is 0.0828. The van der Waals surface area contributed by atoms with Gasteiger partial charge in [0.15, 0.2) is 11.8 Å². The van der Waals surface area contributed by atoms with E-state index >= 15 is 0 Å². The van der Waals surface area contributed by atoms with Crippen molar-refractivity contribution in [3.8, 4) is 12.1 Å². The lowest BCUT2D eigenvalue weighted by molar-refractivity contribution is -0.507. The van der Waals surface area contributed by atoms with Gasteiger partial charge in [0, 0.05) is 12.5 Å². The van der Waals surface area contributed by atoms with E-state index in [9.17, 15) is 20.5 Å². The number of carbonyl (C=O) groups is 1. The molecular formula is C16H14N4O2. The third-order valence-corrected chi connectivity index (χ3v) is 4.05. The molecule has 6 nitrogen and oxygen atoms in total. The van der Waals surface area contributed by atoms with Crippen LogP contribution in [0.5, 0.6) is 0 Å². The van der Waals surface area contributed by atoms with Gasteiger partial charge in [0.2, 0.25) is 0 Å². The van der Waals surface area contributed by atoms with Gasteiger partial charge >= 0.3 is 11.4 Å². The molecule has 0 saturated carbocycles. The van der Waals surface area contributed by atoms with Gasteiger partial charge in [0.1, 0.15) is 5.92 Å². The van der Waals surface area contributed by atoms with E-state index < -0.39 is 17.4 Å². The van der Waals surface area contributed by atoms with Gasteiger partial charge in [-0.25, -0.2) is 0 Å². The van der Waals surface area contributed by atoms with Crippen molar-refractivity contribution in [2.24, 2.45) is 5.73 Å². The van der Waals surface area contributed by atoms with E-state index in [4.69, 9.17) is 5.73 Å². The number of rotatable bonds is 2. The Labute approximate surface area is 128 Å². The Bertz CT molecular complexity index is 781. The van der Waals surface area contributed by atoms with Gasteiger partial charge in [-0.05, 0) is 12.5 Å². The van der Waals surface area contributed by atoms with Gasteiger partial charge in [-0.3, -0.25) is 4.79 Å². The number of carbonyl (C=O) groups excluding carboxylic acids is 1. The molecule has 2 unspecified atom stereocenters. The van der Waals surface area contributed by atoms with Crippen LogP contribution in [-0.4, -0.2) is 21.9 Å². The molecule has 0 aliphatic carbocycles. The first-order valence-corrected chi connectivity index (χ1v) is 6.60. The molecule has 0 aromatic heterocycles. The highest BCUT2D eigenvalue weighted by Crippen LogP contribution is 2.37. The zero-order chi connectivity index (χ0) is 16.5. The minimum Gasteiger partial charge on any atom is -0.622 e. The summed E-state index contributed by atoms with van der Waals surface area (Å²) in [4.78, 5) is 11.8. The summed E-state index contributed by atoms with van der Waals surface area (Å²) in [5.74, 6) is -1.68. The molecule has 1 aliphatic heterocycles. The van der Waals surface area contributed by atoms with E-state index in [0.29, 0.717) is 4.74 Å². The predicted octanol–water partition coefficient (Wildman–Crippen LogP) is 1.34. The standard InChI is InChI=1S/C16H14N4O2/c1-10-13(8-17)14(12-6-4-3-5-7-12)11(2)20(22)16(10,9-18)15(19)21/h3-7,14H,1-2H3,(H2,19,21). The fourth-order valence-corrected chi connectivity index (χ4v) is 2.83. The normalized spacial score (nSPS) is 24.6. The van der Waals surface area contributed by atoms with Crippen molar-refractivity contribution in [3.63, 3.8) is 0 Å². The highest BCUT2D eigenvalue weighted by Gasteiger charge is 2.55. The summed E-state index contributed by atoms with van der Waals surface area (Å²) in [6.45, 7) is 2.93. The maximum atomic E-state index is 12.6. The zero-order valence-electron chi connectivity index (χ0n) is 12.2. The molecule has 0 spiro atoms. The smallest absolute Gasteiger partial charge is 0.358 e. The molecule has 0 radical (unpaired) electrons. The number of benzene rings is 1. The first kappa shape index (κ1) is 15.3. The van der Waals surface area contributed by atoms with Crippen LogP contribution in [0.15, 0.2) is 41.5 Å². The minimum atomic E-state index is -2.17. The van der Waals surface area contributed by atoms with Gasteiger partial charge in [-0.2, -0.15) is 15.3 Å². The Morgan fingerprint density at radius 2 is 1.91 bits per heavy atom. The summed E-state index contributed by atoms with van der Waals surface area (Å²) in [6.07, 6.45) is 0. The van der Waals surface area contributed by atoms with Crippen molar-refractivity contribution in [3.05, 3.63) is 52.2 Å². The first-order chi connectivity index (χ1) is 10.4. The molecule has 2 rings (SSSR count). The molecule has 22 heavy (non-hydrogen) atoms. The van der Waals surface area contributed by atoms with Crippen molar-refractivity contribution in [1.29, 1.82) is 10.5 Å². The van der Waals surface area contributed by atoms with Gasteiger partial charge in [-0.1, -0.05) is 30.3 Å². The topological polar surface area (TPSA) is 117 Å². The first-order valence-electron chi connectivity index (χ1n) is 6.60. The molecule has 2 N–H and O–H groups in total. The number of hydroxylamine groups is 1. The van der Waals surface area contributed by atoms with E-state index in [-0.39, 0.29) is 16.9 Å². The zero-order valence-corrected chi connectivity index (χ0v) is 12.2. The van der Waals surface area contributed by atoms with Crippen LogP contribution in [0.3, 0.4) is 0 Å². The van der Waals surface area contributed by atoms with Gasteiger partial charge in [-0.15, -0.1) is 0 Å². The molecule has 110 valence electrons. The number of primary amides is 1. The second-order valence-corrected chi connectivity index (χ2v) is 5.12. The Kier molecular flexibility index (Phi) is 3.71. The van der Waals surface area contributed by atoms with Gasteiger partial charge in [0.05, 0.1) is 11.6 Å². The molecule has 1 amide bonds. The monoisotopic (exact) mass is 294 g/mol. The third kappa shape index (κ3) is 1.86. The Hall–Kier alpha value is -3.12. The van der Waals surface area contributed by atoms with Gasteiger partial charge < -0.3 is 10.9 Å². The van der Waals surface area contributed by atoms with Crippen LogP contribution < -0.4 is 5.73 Å². The Balaban J connectivity index is 2.81. The van der Waals surface area contributed by atoms with Crippen molar-refractivity contribution < 1.29 is 9.53 Å². The molecule has 0 saturated heterocycles. The summed E-state index contributed by atoms with van der Waals surface area (Å²) in [5.41, 5.74) is 4.35. The van der Waals surface area contributed by atoms with Crippen LogP contribution in [0.2, 0.25) is 0 Å². The summed E-state index contributed by atoms with van der Waals surface area (Å²) in [7, 11) is 0. The summed E-state index contributed by atoms with van der Waals surface area (Å²) < 4.78 is 0.336. The molecule has 1 aromatic carbocycles. The fourth-order valence-electron chi connectivity index (χ4n) is 2.83. The average molecular weight is 294 g/mol. The molecule has 1 aromatic rings. The molecule has 0 bridgehead atoms. The number of nitriles is 2. The SMILES string of the molecule is CC1=C(C#N)C(c2ccccc2)C(C)=[N+]([O-])C1(C#N)C(N)=O. The second kappa shape index (κ2) is 5.34. The quantitative estimate of drug-likeness (QED) is 0.654. The average Bonchev–Trinajstić information content (AvgIpc) is 2.52. The third-order valence-electron chi connectivity index (χ3n) is 4.05. The molecular weight excluding hydrogens is 280 g/mol. The van der Waals surface area contributed by atoms with Crippen LogP contribution in [-0.2, 0) is 4.79 Å². The van der Waals surface area contributed by atoms with Crippen molar-refractivity contribution in [1.82, 2.24) is 0 Å². The van der Waals surface area contributed by atoms with Crippen molar-refractivity contribution >= 4 is 11.6 Å². The Morgan fingerprint density at radius 3 is 2.36 bits per heavy atom. The molecule has 0 fully saturated rings. The van der Waals surface area contributed by atoms with E-state index in [0.717, 1.165) is 5.56 Å². The molecule has 2 atom stereocenters. The number of amides is 1. The maximum Gasteiger partial charge on any atom is 0.358 e. The van der Waals surface area contributed by atoms with Crippen LogP contribution in [0, 0.1) is 27.9 Å². The second-order valence-electron chi connectivity index (χ2n) is 5.12. The van der Waals surface area contributed by atoms with Crippen LogP contribution >= 0.6 is 0 Å². The number of allylic oxidation sites excluding steroid dienone is 1. The van der Waals surface area contributed by atoms with Crippen molar-refractivity contribution in [2.75, 3.05) is 0 Å². The Morgan fingerprint density at radius 1 is 1.32 bits per heavy atom. The van der Waals surface area contributed by atoms with Crippen LogP contribution in [0.4, 0.5) is 0 Å². The van der Waals surface area contributed by atoms with Crippen LogP contribution in [0.1, 0.15) is 25.3 Å². The number of hydrogen-bond acceptors (Lipinski definition) is 4. The van der Waals surface area contributed by atoms with Crippen LogP contribution in [0.25, 0.3) is 0 Å². The lowest BCUT2D eigenvalue weighted by atomic mass is 9.76. The maximum absolute atomic E-state index is 12.6. The lowest BCUT2D eigenvalue weighted by Crippen LogP contribution is -2.56. The molecule has 1 heterocycles. The fraction of sp³-hybridized carbons (Fsp3) is 0.250. The van der Waals surface area contributed by atoms with E-state index in [2.05, 4.69) is 0 Å². The summed E-state index contributed by atoms with van der Waals surface area (Å²) >= 11 is 0. The number of hydrogen-bond donors (Lipinski definition) is 1. The van der Waals surface area contributed by atoms with E-state index in [1.165, 1.54) is 13.8 Å². The van der Waals surface area contributed by atoms with Gasteiger partial charge in [0.25, 0.3) is 0 Å². The largest absolute Gasteiger partial charge is 0.622 e. The molecule has 6 heteroatoms. The highest BCUT2D eigenvalue weighted by atomic mass is 16.5. The highest BCUT2D eigenvalue weighted by molar-refractivity contribution is 5.97. The van der Waals surface area contributed by atoms with E-state index in [1.54, 1.807) is 30.3 Å².